The molecule has 0 radical (unpaired) electrons. The molecule has 1 aromatic heterocycles. The summed E-state index contributed by atoms with van der Waals surface area (Å²) in [7, 11) is 0. The van der Waals surface area contributed by atoms with E-state index in [9.17, 15) is 9.90 Å². The zero-order chi connectivity index (χ0) is 13.8. The number of phenolic OH excluding ortho intramolecular Hbond substituents is 1. The Morgan fingerprint density at radius 3 is 2.42 bits per heavy atom. The average Bonchev–Trinajstić information content (AvgIpc) is 2.36. The van der Waals surface area contributed by atoms with E-state index in [4.69, 9.17) is 0 Å². The van der Waals surface area contributed by atoms with Crippen LogP contribution in [0.1, 0.15) is 11.1 Å². The molecule has 0 unspecified atom stereocenters. The molecule has 19 heavy (non-hydrogen) atoms. The summed E-state index contributed by atoms with van der Waals surface area (Å²) in [5.41, 5.74) is 3.05. The molecule has 2 rings (SSSR count). The van der Waals surface area contributed by atoms with Gasteiger partial charge in [-0.2, -0.15) is 0 Å². The minimum atomic E-state index is -0.330. The molecular formula is C14H15N3O2. The normalized spacial score (nSPS) is 10.0. The summed E-state index contributed by atoms with van der Waals surface area (Å²) in [6, 6.07) is 6.18. The highest BCUT2D eigenvalue weighted by atomic mass is 16.3. The molecule has 2 amide bonds. The van der Waals surface area contributed by atoms with Crippen LogP contribution in [0.3, 0.4) is 0 Å². The molecule has 0 spiro atoms. The van der Waals surface area contributed by atoms with Crippen LogP contribution in [0.2, 0.25) is 0 Å². The van der Waals surface area contributed by atoms with Crippen LogP contribution >= 0.6 is 0 Å². The molecule has 1 heterocycles. The number of carbonyl (C=O) groups is 1. The van der Waals surface area contributed by atoms with E-state index in [0.29, 0.717) is 11.4 Å². The van der Waals surface area contributed by atoms with Gasteiger partial charge in [-0.05, 0) is 49.2 Å². The van der Waals surface area contributed by atoms with Crippen LogP contribution in [0.15, 0.2) is 36.7 Å². The molecule has 1 aromatic carbocycles. The van der Waals surface area contributed by atoms with Gasteiger partial charge in [-0.1, -0.05) is 0 Å². The first-order chi connectivity index (χ1) is 9.06. The van der Waals surface area contributed by atoms with Crippen molar-refractivity contribution in [3.63, 3.8) is 0 Å². The van der Waals surface area contributed by atoms with Crippen LogP contribution in [-0.2, 0) is 0 Å². The number of hydrogen-bond donors (Lipinski definition) is 3. The number of urea groups is 1. The lowest BCUT2D eigenvalue weighted by Gasteiger charge is -2.11. The Morgan fingerprint density at radius 2 is 1.79 bits per heavy atom. The van der Waals surface area contributed by atoms with Gasteiger partial charge in [-0.25, -0.2) is 4.79 Å². The Bertz CT molecular complexity index is 611. The topological polar surface area (TPSA) is 74.2 Å². The van der Waals surface area contributed by atoms with Gasteiger partial charge in [0.25, 0.3) is 0 Å². The molecule has 5 nitrogen and oxygen atoms in total. The second kappa shape index (κ2) is 5.39. The highest BCUT2D eigenvalue weighted by Crippen LogP contribution is 2.20. The first-order valence-corrected chi connectivity index (χ1v) is 5.84. The summed E-state index contributed by atoms with van der Waals surface area (Å²) in [5.74, 6) is 0.174. The number of aromatic hydroxyl groups is 1. The Hall–Kier alpha value is -2.56. The molecule has 0 aliphatic heterocycles. The predicted octanol–water partition coefficient (Wildman–Crippen LogP) is 3.05. The van der Waals surface area contributed by atoms with Crippen LogP contribution in [0.25, 0.3) is 0 Å². The predicted molar refractivity (Wildman–Crippen MR) is 74.5 cm³/mol. The second-order valence-corrected chi connectivity index (χ2v) is 4.27. The van der Waals surface area contributed by atoms with Gasteiger partial charge in [0.1, 0.15) is 5.75 Å². The number of pyridine rings is 1. The highest BCUT2D eigenvalue weighted by molar-refractivity contribution is 6.00. The van der Waals surface area contributed by atoms with Crippen molar-refractivity contribution in [1.82, 2.24) is 4.98 Å². The number of nitrogens with zero attached hydrogens (tertiary/aromatic N) is 1. The summed E-state index contributed by atoms with van der Waals surface area (Å²) in [5, 5.41) is 14.8. The first kappa shape index (κ1) is 12.9. The van der Waals surface area contributed by atoms with E-state index in [0.717, 1.165) is 11.1 Å². The quantitative estimate of drug-likeness (QED) is 0.724. The second-order valence-electron chi connectivity index (χ2n) is 4.27. The Morgan fingerprint density at radius 1 is 1.11 bits per heavy atom. The van der Waals surface area contributed by atoms with Crippen molar-refractivity contribution in [1.29, 1.82) is 0 Å². The van der Waals surface area contributed by atoms with Crippen molar-refractivity contribution in [2.24, 2.45) is 0 Å². The van der Waals surface area contributed by atoms with Crippen molar-refractivity contribution in [2.75, 3.05) is 10.6 Å². The molecule has 0 aliphatic carbocycles. The van der Waals surface area contributed by atoms with E-state index < -0.39 is 0 Å². The number of carbonyl (C=O) groups excluding carboxylic acids is 1. The third-order valence-corrected chi connectivity index (χ3v) is 2.73. The minimum Gasteiger partial charge on any atom is -0.508 e. The highest BCUT2D eigenvalue weighted by Gasteiger charge is 2.06. The maximum absolute atomic E-state index is 11.9. The number of phenols is 1. The van der Waals surface area contributed by atoms with Crippen molar-refractivity contribution in [3.05, 3.63) is 47.8 Å². The third kappa shape index (κ3) is 3.22. The van der Waals surface area contributed by atoms with Crippen molar-refractivity contribution in [2.45, 2.75) is 13.8 Å². The fourth-order valence-electron chi connectivity index (χ4n) is 1.68. The van der Waals surface area contributed by atoms with Gasteiger partial charge in [0.15, 0.2) is 0 Å². The number of benzene rings is 1. The summed E-state index contributed by atoms with van der Waals surface area (Å²) < 4.78 is 0. The number of anilines is 2. The Balaban J connectivity index is 2.08. The van der Waals surface area contributed by atoms with E-state index >= 15 is 0 Å². The minimum absolute atomic E-state index is 0.174. The molecular weight excluding hydrogens is 242 g/mol. The summed E-state index contributed by atoms with van der Waals surface area (Å²) in [4.78, 5) is 15.8. The van der Waals surface area contributed by atoms with Crippen LogP contribution < -0.4 is 10.6 Å². The zero-order valence-corrected chi connectivity index (χ0v) is 10.8. The smallest absolute Gasteiger partial charge is 0.323 e. The Kier molecular flexibility index (Phi) is 3.66. The van der Waals surface area contributed by atoms with Gasteiger partial charge < -0.3 is 15.7 Å². The third-order valence-electron chi connectivity index (χ3n) is 2.73. The number of nitrogens with one attached hydrogen (secondary N) is 2. The lowest BCUT2D eigenvalue weighted by molar-refractivity contribution is 0.262. The molecule has 5 heteroatoms. The van der Waals surface area contributed by atoms with Crippen LogP contribution in [0.4, 0.5) is 16.2 Å². The molecule has 0 aliphatic rings. The molecule has 0 saturated carbocycles. The Labute approximate surface area is 111 Å². The van der Waals surface area contributed by atoms with E-state index in [2.05, 4.69) is 15.6 Å². The van der Waals surface area contributed by atoms with Gasteiger partial charge in [0.05, 0.1) is 0 Å². The van der Waals surface area contributed by atoms with E-state index in [1.165, 1.54) is 6.07 Å². The number of aryl methyl sites for hydroxylation is 2. The molecule has 2 aromatic rings. The lowest BCUT2D eigenvalue weighted by Crippen LogP contribution is -2.20. The fourth-order valence-corrected chi connectivity index (χ4v) is 1.68. The fraction of sp³-hybridized carbons (Fsp3) is 0.143. The molecule has 0 bridgehead atoms. The number of rotatable bonds is 2. The van der Waals surface area contributed by atoms with E-state index in [-0.39, 0.29) is 11.8 Å². The number of hydrogen-bond acceptors (Lipinski definition) is 3. The van der Waals surface area contributed by atoms with Crippen LogP contribution in [-0.4, -0.2) is 16.1 Å². The van der Waals surface area contributed by atoms with Gasteiger partial charge in [0.2, 0.25) is 0 Å². The standard InChI is InChI=1S/C14H15N3O2/c1-9-7-11(18)3-4-12(9)16-14(19)17-13-5-6-15-8-10(13)2/h3-8,18H,1-2H3,(H2,15,16,17,19). The van der Waals surface area contributed by atoms with Gasteiger partial charge in [-0.3, -0.25) is 4.98 Å². The summed E-state index contributed by atoms with van der Waals surface area (Å²) in [6.45, 7) is 3.68. The largest absolute Gasteiger partial charge is 0.508 e. The SMILES string of the molecule is Cc1cnccc1NC(=O)Nc1ccc(O)cc1C. The summed E-state index contributed by atoms with van der Waals surface area (Å²) >= 11 is 0. The molecule has 3 N–H and O–H groups in total. The number of amides is 2. The lowest BCUT2D eigenvalue weighted by atomic mass is 10.2. The van der Waals surface area contributed by atoms with Gasteiger partial charge >= 0.3 is 6.03 Å². The first-order valence-electron chi connectivity index (χ1n) is 5.84. The maximum atomic E-state index is 11.9. The average molecular weight is 257 g/mol. The van der Waals surface area contributed by atoms with E-state index in [1.54, 1.807) is 30.6 Å². The maximum Gasteiger partial charge on any atom is 0.323 e. The van der Waals surface area contributed by atoms with Crippen molar-refractivity contribution in [3.8, 4) is 5.75 Å². The van der Waals surface area contributed by atoms with Crippen molar-refractivity contribution >= 4 is 17.4 Å². The zero-order valence-electron chi connectivity index (χ0n) is 10.8. The van der Waals surface area contributed by atoms with E-state index in [1.807, 2.05) is 13.8 Å². The number of aromatic nitrogens is 1. The molecule has 0 atom stereocenters. The monoisotopic (exact) mass is 257 g/mol. The molecule has 0 saturated heterocycles. The van der Waals surface area contributed by atoms with Gasteiger partial charge in [0, 0.05) is 23.8 Å². The molecule has 98 valence electrons. The molecule has 0 fully saturated rings. The van der Waals surface area contributed by atoms with Crippen molar-refractivity contribution < 1.29 is 9.90 Å². The van der Waals surface area contributed by atoms with Crippen LogP contribution in [0.5, 0.6) is 5.75 Å². The van der Waals surface area contributed by atoms with Crippen LogP contribution in [0, 0.1) is 13.8 Å². The van der Waals surface area contributed by atoms with Gasteiger partial charge in [-0.15, -0.1) is 0 Å². The summed E-state index contributed by atoms with van der Waals surface area (Å²) in [6.07, 6.45) is 3.30.